The third-order valence-corrected chi connectivity index (χ3v) is 2.92. The highest BCUT2D eigenvalue weighted by Gasteiger charge is 2.10. The van der Waals surface area contributed by atoms with Gasteiger partial charge in [-0.25, -0.2) is 4.39 Å². The molecule has 0 aliphatic heterocycles. The zero-order chi connectivity index (χ0) is 12.8. The molecule has 0 saturated heterocycles. The van der Waals surface area contributed by atoms with E-state index in [9.17, 15) is 9.18 Å². The third kappa shape index (κ3) is 4.98. The number of hydrogen-bond donors (Lipinski definition) is 1. The minimum absolute atomic E-state index is 0.0236. The number of halogens is 1. The molecule has 1 aromatic rings. The Morgan fingerprint density at radius 2 is 2.06 bits per heavy atom. The lowest BCUT2D eigenvalue weighted by atomic mass is 10.1. The standard InChI is InChI=1S/C14H20FNO/c1-10(2)11(3)16-14(17)8-7-12-5-4-6-13(15)9-12/h4-6,9-11H,7-8H2,1-3H3,(H,16,17). The Balaban J connectivity index is 2.38. The van der Waals surface area contributed by atoms with Crippen LogP contribution in [-0.4, -0.2) is 11.9 Å². The second kappa shape index (κ2) is 6.38. The van der Waals surface area contributed by atoms with Crippen molar-refractivity contribution in [3.05, 3.63) is 35.6 Å². The molecule has 1 unspecified atom stereocenters. The van der Waals surface area contributed by atoms with Crippen molar-refractivity contribution in [2.24, 2.45) is 5.92 Å². The Labute approximate surface area is 102 Å². The fourth-order valence-electron chi connectivity index (χ4n) is 1.44. The van der Waals surface area contributed by atoms with Crippen LogP contribution in [0.5, 0.6) is 0 Å². The van der Waals surface area contributed by atoms with Crippen LogP contribution < -0.4 is 5.32 Å². The number of amides is 1. The highest BCUT2D eigenvalue weighted by Crippen LogP contribution is 2.07. The van der Waals surface area contributed by atoms with Crippen molar-refractivity contribution in [3.63, 3.8) is 0 Å². The van der Waals surface area contributed by atoms with E-state index in [0.717, 1.165) is 5.56 Å². The van der Waals surface area contributed by atoms with E-state index < -0.39 is 0 Å². The molecule has 1 rings (SSSR count). The van der Waals surface area contributed by atoms with Crippen LogP contribution in [0.2, 0.25) is 0 Å². The molecule has 94 valence electrons. The molecule has 0 heterocycles. The summed E-state index contributed by atoms with van der Waals surface area (Å²) >= 11 is 0. The summed E-state index contributed by atoms with van der Waals surface area (Å²) in [5.74, 6) is 0.196. The maximum Gasteiger partial charge on any atom is 0.220 e. The van der Waals surface area contributed by atoms with Crippen molar-refractivity contribution in [2.45, 2.75) is 39.7 Å². The van der Waals surface area contributed by atoms with Gasteiger partial charge in [0, 0.05) is 12.5 Å². The molecule has 0 radical (unpaired) electrons. The molecule has 1 aromatic carbocycles. The van der Waals surface area contributed by atoms with Gasteiger partial charge in [-0.1, -0.05) is 26.0 Å². The zero-order valence-electron chi connectivity index (χ0n) is 10.7. The van der Waals surface area contributed by atoms with Gasteiger partial charge >= 0.3 is 0 Å². The van der Waals surface area contributed by atoms with Gasteiger partial charge in [-0.2, -0.15) is 0 Å². The monoisotopic (exact) mass is 237 g/mol. The van der Waals surface area contributed by atoms with Gasteiger partial charge in [0.05, 0.1) is 0 Å². The lowest BCUT2D eigenvalue weighted by molar-refractivity contribution is -0.121. The van der Waals surface area contributed by atoms with E-state index in [1.807, 2.05) is 13.0 Å². The van der Waals surface area contributed by atoms with Crippen LogP contribution >= 0.6 is 0 Å². The molecule has 0 aliphatic rings. The lowest BCUT2D eigenvalue weighted by Crippen LogP contribution is -2.36. The molecule has 0 fully saturated rings. The van der Waals surface area contributed by atoms with Crippen molar-refractivity contribution < 1.29 is 9.18 Å². The summed E-state index contributed by atoms with van der Waals surface area (Å²) in [5, 5.41) is 2.93. The average Bonchev–Trinajstić information content (AvgIpc) is 2.26. The summed E-state index contributed by atoms with van der Waals surface area (Å²) in [6.07, 6.45) is 0.981. The molecule has 1 N–H and O–H groups in total. The Hall–Kier alpha value is -1.38. The Morgan fingerprint density at radius 1 is 1.35 bits per heavy atom. The van der Waals surface area contributed by atoms with Gasteiger partial charge in [-0.3, -0.25) is 4.79 Å². The van der Waals surface area contributed by atoms with Crippen molar-refractivity contribution >= 4 is 5.91 Å². The van der Waals surface area contributed by atoms with Gasteiger partial charge in [0.1, 0.15) is 5.82 Å². The average molecular weight is 237 g/mol. The number of hydrogen-bond acceptors (Lipinski definition) is 1. The summed E-state index contributed by atoms with van der Waals surface area (Å²) in [6, 6.07) is 6.56. The molecule has 2 nitrogen and oxygen atoms in total. The first-order valence-electron chi connectivity index (χ1n) is 6.03. The first kappa shape index (κ1) is 13.7. The molecule has 0 bridgehead atoms. The predicted octanol–water partition coefficient (Wildman–Crippen LogP) is 2.92. The van der Waals surface area contributed by atoms with Crippen molar-refractivity contribution in [3.8, 4) is 0 Å². The van der Waals surface area contributed by atoms with Gasteiger partial charge in [0.25, 0.3) is 0 Å². The van der Waals surface area contributed by atoms with Crippen LogP contribution in [0.3, 0.4) is 0 Å². The number of carbonyl (C=O) groups excluding carboxylic acids is 1. The Bertz CT molecular complexity index is 376. The highest BCUT2D eigenvalue weighted by molar-refractivity contribution is 5.76. The summed E-state index contributed by atoms with van der Waals surface area (Å²) in [6.45, 7) is 6.12. The third-order valence-electron chi connectivity index (χ3n) is 2.92. The van der Waals surface area contributed by atoms with Gasteiger partial charge in [0.2, 0.25) is 5.91 Å². The second-order valence-electron chi connectivity index (χ2n) is 4.73. The fourth-order valence-corrected chi connectivity index (χ4v) is 1.44. The molecule has 0 spiro atoms. The first-order valence-corrected chi connectivity index (χ1v) is 6.03. The Morgan fingerprint density at radius 3 is 2.65 bits per heavy atom. The van der Waals surface area contributed by atoms with E-state index in [2.05, 4.69) is 19.2 Å². The minimum atomic E-state index is -0.251. The number of benzene rings is 1. The summed E-state index contributed by atoms with van der Waals surface area (Å²) in [4.78, 5) is 11.6. The molecule has 17 heavy (non-hydrogen) atoms. The first-order chi connectivity index (χ1) is 7.99. The minimum Gasteiger partial charge on any atom is -0.353 e. The van der Waals surface area contributed by atoms with Crippen molar-refractivity contribution in [1.82, 2.24) is 5.32 Å². The zero-order valence-corrected chi connectivity index (χ0v) is 10.7. The second-order valence-corrected chi connectivity index (χ2v) is 4.73. The number of nitrogens with one attached hydrogen (secondary N) is 1. The highest BCUT2D eigenvalue weighted by atomic mass is 19.1. The van der Waals surface area contributed by atoms with E-state index in [0.29, 0.717) is 18.8 Å². The molecule has 3 heteroatoms. The number of aryl methyl sites for hydroxylation is 1. The maximum atomic E-state index is 12.9. The number of rotatable bonds is 5. The molecule has 0 aliphatic carbocycles. The van der Waals surface area contributed by atoms with Crippen LogP contribution in [-0.2, 0) is 11.2 Å². The molecule has 0 saturated carbocycles. The van der Waals surface area contributed by atoms with E-state index >= 15 is 0 Å². The molecule has 1 amide bonds. The Kier molecular flexibility index (Phi) is 5.13. The van der Waals surface area contributed by atoms with Crippen LogP contribution in [0.25, 0.3) is 0 Å². The molecule has 0 aromatic heterocycles. The maximum absolute atomic E-state index is 12.9. The summed E-state index contributed by atoms with van der Waals surface area (Å²) in [7, 11) is 0. The van der Waals surface area contributed by atoms with Crippen LogP contribution in [0.1, 0.15) is 32.8 Å². The predicted molar refractivity (Wildman–Crippen MR) is 67.2 cm³/mol. The van der Waals surface area contributed by atoms with Gasteiger partial charge < -0.3 is 5.32 Å². The lowest BCUT2D eigenvalue weighted by Gasteiger charge is -2.17. The molecular weight excluding hydrogens is 217 g/mol. The van der Waals surface area contributed by atoms with Crippen LogP contribution in [0.4, 0.5) is 4.39 Å². The number of carbonyl (C=O) groups is 1. The van der Waals surface area contributed by atoms with E-state index in [4.69, 9.17) is 0 Å². The SMILES string of the molecule is CC(C)C(C)NC(=O)CCc1cccc(F)c1. The quantitative estimate of drug-likeness (QED) is 0.838. The topological polar surface area (TPSA) is 29.1 Å². The van der Waals surface area contributed by atoms with Crippen molar-refractivity contribution in [2.75, 3.05) is 0 Å². The van der Waals surface area contributed by atoms with Crippen LogP contribution in [0.15, 0.2) is 24.3 Å². The largest absolute Gasteiger partial charge is 0.353 e. The molecular formula is C14H20FNO. The molecule has 1 atom stereocenters. The van der Waals surface area contributed by atoms with E-state index in [1.165, 1.54) is 12.1 Å². The summed E-state index contributed by atoms with van der Waals surface area (Å²) < 4.78 is 12.9. The van der Waals surface area contributed by atoms with E-state index in [-0.39, 0.29) is 17.8 Å². The smallest absolute Gasteiger partial charge is 0.220 e. The van der Waals surface area contributed by atoms with E-state index in [1.54, 1.807) is 6.07 Å². The van der Waals surface area contributed by atoms with Gasteiger partial charge in [-0.15, -0.1) is 0 Å². The normalized spacial score (nSPS) is 12.5. The fraction of sp³-hybridized carbons (Fsp3) is 0.500. The van der Waals surface area contributed by atoms with Gasteiger partial charge in [0.15, 0.2) is 0 Å². The van der Waals surface area contributed by atoms with Gasteiger partial charge in [-0.05, 0) is 37.0 Å². The van der Waals surface area contributed by atoms with Crippen molar-refractivity contribution in [1.29, 1.82) is 0 Å². The summed E-state index contributed by atoms with van der Waals surface area (Å²) in [5.41, 5.74) is 0.859. The van der Waals surface area contributed by atoms with Crippen LogP contribution in [0, 0.1) is 11.7 Å².